The van der Waals surface area contributed by atoms with E-state index in [9.17, 15) is 8.78 Å². The molecule has 2 N–H and O–H groups in total. The van der Waals surface area contributed by atoms with Gasteiger partial charge < -0.3 is 10.6 Å². The van der Waals surface area contributed by atoms with Crippen molar-refractivity contribution in [3.8, 4) is 5.75 Å². The molecule has 0 amide bonds. The third kappa shape index (κ3) is 3.51. The molecule has 0 aliphatic heterocycles. The molecule has 3 nitrogen and oxygen atoms in total. The first-order chi connectivity index (χ1) is 9.19. The van der Waals surface area contributed by atoms with E-state index in [4.69, 9.17) is 10.6 Å². The van der Waals surface area contributed by atoms with Gasteiger partial charge in [-0.25, -0.2) is 8.78 Å². The van der Waals surface area contributed by atoms with Crippen molar-refractivity contribution in [2.75, 3.05) is 0 Å². The van der Waals surface area contributed by atoms with E-state index in [0.717, 1.165) is 5.56 Å². The summed E-state index contributed by atoms with van der Waals surface area (Å²) in [4.78, 5) is 0. The number of hydrogen-bond acceptors (Lipinski definition) is 3. The maximum Gasteiger partial charge on any atom is 0.131 e. The second-order valence-electron chi connectivity index (χ2n) is 3.88. The minimum atomic E-state index is -0.414. The Labute approximate surface area is 109 Å². The van der Waals surface area contributed by atoms with Gasteiger partial charge in [-0.1, -0.05) is 12.1 Å². The zero-order valence-corrected chi connectivity index (χ0v) is 10.0. The molecule has 0 unspecified atom stereocenters. The predicted molar refractivity (Wildman–Crippen MR) is 68.9 cm³/mol. The van der Waals surface area contributed by atoms with Gasteiger partial charge in [0.25, 0.3) is 0 Å². The fourth-order valence-corrected chi connectivity index (χ4v) is 1.56. The molecule has 5 heteroatoms. The third-order valence-electron chi connectivity index (χ3n) is 2.50. The number of hydrogen-bond donors (Lipinski definition) is 1. The van der Waals surface area contributed by atoms with Crippen LogP contribution in [0.2, 0.25) is 0 Å². The molecule has 0 radical (unpaired) electrons. The molecule has 0 saturated carbocycles. The van der Waals surface area contributed by atoms with Crippen LogP contribution in [-0.2, 0) is 6.61 Å². The first-order valence-electron chi connectivity index (χ1n) is 5.59. The van der Waals surface area contributed by atoms with Crippen molar-refractivity contribution in [2.45, 2.75) is 6.61 Å². The van der Waals surface area contributed by atoms with Gasteiger partial charge in [0.05, 0.1) is 6.21 Å². The Kier molecular flexibility index (Phi) is 4.07. The van der Waals surface area contributed by atoms with Crippen molar-refractivity contribution in [3.05, 3.63) is 65.2 Å². The topological polar surface area (TPSA) is 47.6 Å². The first kappa shape index (κ1) is 13.0. The summed E-state index contributed by atoms with van der Waals surface area (Å²) in [6, 6.07) is 9.95. The van der Waals surface area contributed by atoms with E-state index in [-0.39, 0.29) is 12.4 Å². The number of ether oxygens (including phenoxy) is 1. The highest BCUT2D eigenvalue weighted by atomic mass is 19.1. The molecule has 0 bridgehead atoms. The van der Waals surface area contributed by atoms with Gasteiger partial charge >= 0.3 is 0 Å². The lowest BCUT2D eigenvalue weighted by Gasteiger charge is -2.09. The van der Waals surface area contributed by atoms with Crippen molar-refractivity contribution in [2.24, 2.45) is 10.9 Å². The van der Waals surface area contributed by atoms with E-state index in [0.29, 0.717) is 11.3 Å². The molecular weight excluding hydrogens is 250 g/mol. The lowest BCUT2D eigenvalue weighted by atomic mass is 10.2. The molecule has 0 spiro atoms. The van der Waals surface area contributed by atoms with Gasteiger partial charge in [0.1, 0.15) is 24.0 Å². The molecule has 0 fully saturated rings. The lowest BCUT2D eigenvalue weighted by molar-refractivity contribution is 0.304. The minimum Gasteiger partial charge on any atom is -0.488 e. The standard InChI is InChI=1S/C14H12F2N2O/c15-12-4-1-10(2-5-12)9-19-14-7-13(16)6-3-11(14)8-18-17/h1-8H,9,17H2. The van der Waals surface area contributed by atoms with Crippen molar-refractivity contribution >= 4 is 6.21 Å². The van der Waals surface area contributed by atoms with Gasteiger partial charge in [-0.3, -0.25) is 0 Å². The molecule has 0 aliphatic carbocycles. The summed E-state index contributed by atoms with van der Waals surface area (Å²) in [5.74, 6) is 4.67. The molecule has 98 valence electrons. The highest BCUT2D eigenvalue weighted by molar-refractivity contribution is 5.83. The molecule has 0 saturated heterocycles. The fraction of sp³-hybridized carbons (Fsp3) is 0.0714. The molecule has 2 rings (SSSR count). The highest BCUT2D eigenvalue weighted by Crippen LogP contribution is 2.19. The van der Waals surface area contributed by atoms with E-state index in [2.05, 4.69) is 5.10 Å². The second kappa shape index (κ2) is 5.95. The molecule has 19 heavy (non-hydrogen) atoms. The summed E-state index contributed by atoms with van der Waals surface area (Å²) in [5.41, 5.74) is 1.35. The maximum atomic E-state index is 13.2. The fourth-order valence-electron chi connectivity index (χ4n) is 1.56. The number of benzene rings is 2. The van der Waals surface area contributed by atoms with E-state index in [1.165, 1.54) is 36.5 Å². The van der Waals surface area contributed by atoms with Crippen LogP contribution in [0.5, 0.6) is 5.75 Å². The first-order valence-corrected chi connectivity index (χ1v) is 5.59. The molecule has 0 heterocycles. The summed E-state index contributed by atoms with van der Waals surface area (Å²) >= 11 is 0. The number of rotatable bonds is 4. The van der Waals surface area contributed by atoms with Crippen LogP contribution in [0.3, 0.4) is 0 Å². The van der Waals surface area contributed by atoms with Crippen molar-refractivity contribution in [3.63, 3.8) is 0 Å². The van der Waals surface area contributed by atoms with Crippen LogP contribution in [-0.4, -0.2) is 6.21 Å². The molecular formula is C14H12F2N2O. The predicted octanol–water partition coefficient (Wildman–Crippen LogP) is 2.84. The van der Waals surface area contributed by atoms with Crippen molar-refractivity contribution in [1.82, 2.24) is 0 Å². The van der Waals surface area contributed by atoms with Crippen LogP contribution in [0.15, 0.2) is 47.6 Å². The van der Waals surface area contributed by atoms with Gasteiger partial charge in [-0.15, -0.1) is 0 Å². The number of hydrazone groups is 1. The van der Waals surface area contributed by atoms with Gasteiger partial charge in [-0.2, -0.15) is 5.10 Å². The summed E-state index contributed by atoms with van der Waals surface area (Å²) in [6.07, 6.45) is 1.37. The smallest absolute Gasteiger partial charge is 0.131 e. The summed E-state index contributed by atoms with van der Waals surface area (Å²) < 4.78 is 31.4. The van der Waals surface area contributed by atoms with Crippen LogP contribution < -0.4 is 10.6 Å². The quantitative estimate of drug-likeness (QED) is 0.523. The van der Waals surface area contributed by atoms with Crippen molar-refractivity contribution < 1.29 is 13.5 Å². The normalized spacial score (nSPS) is 10.8. The van der Waals surface area contributed by atoms with E-state index >= 15 is 0 Å². The number of nitrogens with zero attached hydrogens (tertiary/aromatic N) is 1. The van der Waals surface area contributed by atoms with Crippen LogP contribution in [0.1, 0.15) is 11.1 Å². The van der Waals surface area contributed by atoms with Crippen LogP contribution in [0, 0.1) is 11.6 Å². The Morgan fingerprint density at radius 3 is 2.42 bits per heavy atom. The zero-order chi connectivity index (χ0) is 13.7. The van der Waals surface area contributed by atoms with Gasteiger partial charge in [0, 0.05) is 11.6 Å². The molecule has 2 aromatic rings. The average Bonchev–Trinajstić information content (AvgIpc) is 2.41. The largest absolute Gasteiger partial charge is 0.488 e. The molecule has 0 atom stereocenters. The third-order valence-corrected chi connectivity index (χ3v) is 2.50. The second-order valence-corrected chi connectivity index (χ2v) is 3.88. The van der Waals surface area contributed by atoms with Gasteiger partial charge in [0.15, 0.2) is 0 Å². The Morgan fingerprint density at radius 1 is 1.05 bits per heavy atom. The Hall–Kier alpha value is -2.43. The Bertz CT molecular complexity index is 582. The minimum absolute atomic E-state index is 0.204. The van der Waals surface area contributed by atoms with Crippen LogP contribution in [0.4, 0.5) is 8.78 Å². The van der Waals surface area contributed by atoms with Gasteiger partial charge in [-0.05, 0) is 29.8 Å². The molecule has 0 aliphatic rings. The van der Waals surface area contributed by atoms with Crippen LogP contribution in [0.25, 0.3) is 0 Å². The lowest BCUT2D eigenvalue weighted by Crippen LogP contribution is -2.00. The summed E-state index contributed by atoms with van der Waals surface area (Å²) in [5, 5.41) is 3.39. The zero-order valence-electron chi connectivity index (χ0n) is 10.0. The summed E-state index contributed by atoms with van der Waals surface area (Å²) in [6.45, 7) is 0.204. The van der Waals surface area contributed by atoms with Gasteiger partial charge in [0.2, 0.25) is 0 Å². The van der Waals surface area contributed by atoms with E-state index in [1.807, 2.05) is 0 Å². The number of nitrogens with two attached hydrogens (primary N) is 1. The number of halogens is 2. The van der Waals surface area contributed by atoms with E-state index in [1.54, 1.807) is 12.1 Å². The monoisotopic (exact) mass is 262 g/mol. The SMILES string of the molecule is NN=Cc1ccc(F)cc1OCc1ccc(F)cc1. The molecule has 2 aromatic carbocycles. The average molecular weight is 262 g/mol. The maximum absolute atomic E-state index is 13.2. The highest BCUT2D eigenvalue weighted by Gasteiger charge is 2.04. The van der Waals surface area contributed by atoms with Crippen LogP contribution >= 0.6 is 0 Å². The Morgan fingerprint density at radius 2 is 1.74 bits per heavy atom. The summed E-state index contributed by atoms with van der Waals surface area (Å²) in [7, 11) is 0. The van der Waals surface area contributed by atoms with Crippen molar-refractivity contribution in [1.29, 1.82) is 0 Å². The molecule has 0 aromatic heterocycles. The van der Waals surface area contributed by atoms with E-state index < -0.39 is 5.82 Å². The Balaban J connectivity index is 2.14.